The van der Waals surface area contributed by atoms with E-state index in [9.17, 15) is 8.42 Å². The molecule has 1 aromatic carbocycles. The second kappa shape index (κ2) is 6.28. The summed E-state index contributed by atoms with van der Waals surface area (Å²) in [6.07, 6.45) is 0. The average Bonchev–Trinajstić information content (AvgIpc) is 2.82. The van der Waals surface area contributed by atoms with E-state index >= 15 is 0 Å². The smallest absolute Gasteiger partial charge is 0.238 e. The van der Waals surface area contributed by atoms with Gasteiger partial charge in [-0.3, -0.25) is 4.72 Å². The third-order valence-electron chi connectivity index (χ3n) is 2.46. The fourth-order valence-electron chi connectivity index (χ4n) is 1.67. The molecule has 0 aliphatic heterocycles. The minimum atomic E-state index is -3.66. The maximum absolute atomic E-state index is 12.1. The average molecular weight is 307 g/mol. The van der Waals surface area contributed by atoms with Crippen LogP contribution in [0.1, 0.15) is 11.5 Å². The number of benzene rings is 1. The van der Waals surface area contributed by atoms with E-state index in [2.05, 4.69) is 9.88 Å². The molecule has 0 radical (unpaired) electrons. The largest absolute Gasteiger partial charge is 0.477 e. The number of nitrogens with one attached hydrogen (secondary N) is 1. The van der Waals surface area contributed by atoms with Crippen LogP contribution in [0.25, 0.3) is 0 Å². The first-order valence-corrected chi connectivity index (χ1v) is 7.67. The lowest BCUT2D eigenvalue weighted by atomic mass is 10.3. The Morgan fingerprint density at radius 3 is 2.86 bits per heavy atom. The number of nitrogens with zero attached hydrogens (tertiary/aromatic N) is 2. The van der Waals surface area contributed by atoms with Crippen molar-refractivity contribution in [2.24, 2.45) is 0 Å². The minimum Gasteiger partial charge on any atom is -0.477 e. The third-order valence-corrected chi connectivity index (χ3v) is 3.67. The predicted molar refractivity (Wildman–Crippen MR) is 75.0 cm³/mol. The summed E-state index contributed by atoms with van der Waals surface area (Å²) >= 11 is 0. The Morgan fingerprint density at radius 2 is 2.19 bits per heavy atom. The van der Waals surface area contributed by atoms with E-state index in [1.165, 1.54) is 0 Å². The zero-order valence-electron chi connectivity index (χ0n) is 11.2. The molecule has 110 valence electrons. The molecule has 0 aliphatic rings. The van der Waals surface area contributed by atoms with Crippen molar-refractivity contribution in [2.75, 3.05) is 11.3 Å². The number of sulfonamides is 1. The second-order valence-electron chi connectivity index (χ2n) is 4.23. The van der Waals surface area contributed by atoms with Gasteiger partial charge in [0.05, 0.1) is 5.69 Å². The molecule has 21 heavy (non-hydrogen) atoms. The van der Waals surface area contributed by atoms with Gasteiger partial charge in [0.2, 0.25) is 10.0 Å². The van der Waals surface area contributed by atoms with Crippen LogP contribution in [0, 0.1) is 18.3 Å². The highest BCUT2D eigenvalue weighted by Crippen LogP contribution is 2.25. The van der Waals surface area contributed by atoms with Gasteiger partial charge in [-0.1, -0.05) is 17.3 Å². The van der Waals surface area contributed by atoms with Crippen molar-refractivity contribution in [2.45, 2.75) is 12.7 Å². The van der Waals surface area contributed by atoms with Gasteiger partial charge in [0.1, 0.15) is 29.0 Å². The molecule has 2 rings (SSSR count). The van der Waals surface area contributed by atoms with Gasteiger partial charge in [-0.15, -0.1) is 0 Å². The fraction of sp³-hybridized carbons (Fsp3) is 0.231. The highest BCUT2D eigenvalue weighted by Gasteiger charge is 2.16. The number of aryl methyl sites for hydroxylation is 1. The highest BCUT2D eigenvalue weighted by atomic mass is 32.2. The number of hydrogen-bond donors (Lipinski definition) is 1. The summed E-state index contributed by atoms with van der Waals surface area (Å²) in [4.78, 5) is 0. The molecule has 2 aromatic rings. The summed E-state index contributed by atoms with van der Waals surface area (Å²) in [5.74, 6) is 0.522. The number of aromatic nitrogens is 1. The molecule has 7 nitrogen and oxygen atoms in total. The van der Waals surface area contributed by atoms with Gasteiger partial charge in [-0.25, -0.2) is 8.42 Å². The maximum atomic E-state index is 12.1. The third kappa shape index (κ3) is 4.22. The molecule has 1 heterocycles. The number of para-hydroxylation sites is 2. The molecular weight excluding hydrogens is 294 g/mol. The molecule has 0 atom stereocenters. The van der Waals surface area contributed by atoms with Crippen LogP contribution in [-0.4, -0.2) is 20.2 Å². The zero-order chi connectivity index (χ0) is 15.3. The van der Waals surface area contributed by atoms with E-state index in [0.29, 0.717) is 17.2 Å². The van der Waals surface area contributed by atoms with Crippen LogP contribution in [0.5, 0.6) is 5.75 Å². The van der Waals surface area contributed by atoms with Crippen LogP contribution in [0.15, 0.2) is 34.9 Å². The molecule has 8 heteroatoms. The van der Waals surface area contributed by atoms with Gasteiger partial charge >= 0.3 is 0 Å². The number of rotatable bonds is 6. The molecule has 0 saturated carbocycles. The first kappa shape index (κ1) is 14.9. The second-order valence-corrected chi connectivity index (χ2v) is 5.96. The molecule has 1 N–H and O–H groups in total. The molecule has 1 aromatic heterocycles. The van der Waals surface area contributed by atoms with Crippen LogP contribution in [0.2, 0.25) is 0 Å². The van der Waals surface area contributed by atoms with E-state index in [-0.39, 0.29) is 18.0 Å². The Bertz CT molecular complexity index is 762. The Balaban J connectivity index is 2.15. The Hall–Kier alpha value is -2.53. The first-order valence-electron chi connectivity index (χ1n) is 6.01. The van der Waals surface area contributed by atoms with E-state index in [0.717, 1.165) is 0 Å². The van der Waals surface area contributed by atoms with E-state index in [1.54, 1.807) is 37.3 Å². The zero-order valence-corrected chi connectivity index (χ0v) is 12.1. The summed E-state index contributed by atoms with van der Waals surface area (Å²) in [6, 6.07) is 9.86. The standard InChI is InChI=1S/C13H13N3O4S/c1-10-8-11(15-20-10)9-21(17,18)16-12-4-2-3-5-13(12)19-7-6-14/h2-5,8,16H,7,9H2,1H3. The molecule has 0 saturated heterocycles. The van der Waals surface area contributed by atoms with Crippen molar-refractivity contribution < 1.29 is 17.7 Å². The number of anilines is 1. The van der Waals surface area contributed by atoms with Gasteiger partial charge < -0.3 is 9.26 Å². The van der Waals surface area contributed by atoms with Crippen molar-refractivity contribution in [3.8, 4) is 11.8 Å². The molecular formula is C13H13N3O4S. The summed E-state index contributed by atoms with van der Waals surface area (Å²) in [5.41, 5.74) is 0.586. The quantitative estimate of drug-likeness (QED) is 0.872. The van der Waals surface area contributed by atoms with E-state index in [1.807, 2.05) is 6.07 Å². The normalized spacial score (nSPS) is 10.9. The number of ether oxygens (including phenoxy) is 1. The molecule has 0 aliphatic carbocycles. The van der Waals surface area contributed by atoms with Crippen molar-refractivity contribution >= 4 is 15.7 Å². The van der Waals surface area contributed by atoms with Crippen LogP contribution >= 0.6 is 0 Å². The van der Waals surface area contributed by atoms with E-state index < -0.39 is 10.0 Å². The van der Waals surface area contributed by atoms with Crippen molar-refractivity contribution in [3.05, 3.63) is 41.8 Å². The van der Waals surface area contributed by atoms with Gasteiger partial charge in [0.25, 0.3) is 0 Å². The Labute approximate surface area is 122 Å². The van der Waals surface area contributed by atoms with Crippen LogP contribution in [0.4, 0.5) is 5.69 Å². The van der Waals surface area contributed by atoms with Gasteiger partial charge in [0.15, 0.2) is 6.61 Å². The van der Waals surface area contributed by atoms with Gasteiger partial charge in [-0.2, -0.15) is 5.26 Å². The van der Waals surface area contributed by atoms with Crippen LogP contribution in [0.3, 0.4) is 0 Å². The van der Waals surface area contributed by atoms with Gasteiger partial charge in [0, 0.05) is 6.07 Å². The van der Waals surface area contributed by atoms with Crippen molar-refractivity contribution in [1.82, 2.24) is 5.16 Å². The monoisotopic (exact) mass is 307 g/mol. The van der Waals surface area contributed by atoms with Crippen molar-refractivity contribution in [1.29, 1.82) is 5.26 Å². The molecule has 0 fully saturated rings. The number of nitriles is 1. The fourth-order valence-corrected chi connectivity index (χ4v) is 2.77. The molecule has 0 bridgehead atoms. The lowest BCUT2D eigenvalue weighted by Crippen LogP contribution is -2.16. The van der Waals surface area contributed by atoms with Crippen LogP contribution in [-0.2, 0) is 15.8 Å². The Kier molecular flexibility index (Phi) is 4.45. The van der Waals surface area contributed by atoms with Crippen molar-refractivity contribution in [3.63, 3.8) is 0 Å². The summed E-state index contributed by atoms with van der Waals surface area (Å²) in [7, 11) is -3.66. The lowest BCUT2D eigenvalue weighted by Gasteiger charge is -2.11. The minimum absolute atomic E-state index is 0.165. The predicted octanol–water partition coefficient (Wildman–Crippen LogP) is 1.83. The van der Waals surface area contributed by atoms with Gasteiger partial charge in [-0.05, 0) is 19.1 Å². The summed E-state index contributed by atoms with van der Waals surface area (Å²) in [6.45, 7) is 1.52. The lowest BCUT2D eigenvalue weighted by molar-refractivity contribution is 0.370. The highest BCUT2D eigenvalue weighted by molar-refractivity contribution is 7.91. The first-order chi connectivity index (χ1) is 10.00. The molecule has 0 unspecified atom stereocenters. The topological polar surface area (TPSA) is 105 Å². The molecule has 0 amide bonds. The summed E-state index contributed by atoms with van der Waals surface area (Å²) in [5, 5.41) is 12.2. The van der Waals surface area contributed by atoms with E-state index in [4.69, 9.17) is 14.5 Å². The van der Waals surface area contributed by atoms with Crippen LogP contribution < -0.4 is 9.46 Å². The SMILES string of the molecule is Cc1cc(CS(=O)(=O)Nc2ccccc2OCC#N)no1. The number of hydrogen-bond acceptors (Lipinski definition) is 6. The maximum Gasteiger partial charge on any atom is 0.238 e. The Morgan fingerprint density at radius 1 is 1.43 bits per heavy atom. The summed E-state index contributed by atoms with van der Waals surface area (Å²) < 4.78 is 36.6. The molecule has 0 spiro atoms.